The Balaban J connectivity index is 1.86. The van der Waals surface area contributed by atoms with E-state index in [0.29, 0.717) is 46.8 Å². The molecule has 0 aromatic heterocycles. The van der Waals surface area contributed by atoms with Crippen LogP contribution in [-0.4, -0.2) is 26.3 Å². The summed E-state index contributed by atoms with van der Waals surface area (Å²) >= 11 is 11.8. The van der Waals surface area contributed by atoms with Gasteiger partial charge < -0.3 is 20.1 Å². The standard InChI is InChI=1S/C18H20Cl2N2O3/c1-3-25-16-5-4-12(8-17(16)24-2)6-7-21-18(23)22-15-10-13(19)9-14(20)11-15/h4-5,8-11H,3,6-7H2,1-2H3,(H2,21,22,23). The number of hydrogen-bond donors (Lipinski definition) is 2. The monoisotopic (exact) mass is 382 g/mol. The molecule has 134 valence electrons. The summed E-state index contributed by atoms with van der Waals surface area (Å²) in [6.07, 6.45) is 0.659. The van der Waals surface area contributed by atoms with Crippen LogP contribution in [0.1, 0.15) is 12.5 Å². The fourth-order valence-electron chi connectivity index (χ4n) is 2.26. The molecule has 0 radical (unpaired) electrons. The van der Waals surface area contributed by atoms with Crippen molar-refractivity contribution in [1.82, 2.24) is 5.32 Å². The van der Waals surface area contributed by atoms with Crippen LogP contribution in [0.5, 0.6) is 11.5 Å². The van der Waals surface area contributed by atoms with Crippen molar-refractivity contribution in [3.63, 3.8) is 0 Å². The minimum absolute atomic E-state index is 0.323. The Morgan fingerprint density at radius 1 is 1.08 bits per heavy atom. The van der Waals surface area contributed by atoms with Gasteiger partial charge in [-0.2, -0.15) is 0 Å². The number of ether oxygens (including phenoxy) is 2. The highest BCUT2D eigenvalue weighted by molar-refractivity contribution is 6.35. The number of anilines is 1. The highest BCUT2D eigenvalue weighted by Gasteiger charge is 2.07. The highest BCUT2D eigenvalue weighted by atomic mass is 35.5. The maximum atomic E-state index is 11.9. The minimum atomic E-state index is -0.323. The van der Waals surface area contributed by atoms with Gasteiger partial charge in [0.1, 0.15) is 0 Å². The van der Waals surface area contributed by atoms with Gasteiger partial charge in [-0.1, -0.05) is 29.3 Å². The van der Waals surface area contributed by atoms with Crippen molar-refractivity contribution in [3.8, 4) is 11.5 Å². The van der Waals surface area contributed by atoms with Crippen molar-refractivity contribution in [1.29, 1.82) is 0 Å². The van der Waals surface area contributed by atoms with E-state index in [4.69, 9.17) is 32.7 Å². The highest BCUT2D eigenvalue weighted by Crippen LogP contribution is 2.28. The molecule has 2 rings (SSSR count). The van der Waals surface area contributed by atoms with Crippen molar-refractivity contribution < 1.29 is 14.3 Å². The van der Waals surface area contributed by atoms with Gasteiger partial charge in [-0.25, -0.2) is 4.79 Å². The third-order valence-corrected chi connectivity index (χ3v) is 3.78. The summed E-state index contributed by atoms with van der Waals surface area (Å²) in [5, 5.41) is 6.41. The number of rotatable bonds is 7. The van der Waals surface area contributed by atoms with Crippen molar-refractivity contribution in [2.45, 2.75) is 13.3 Å². The summed E-state index contributed by atoms with van der Waals surface area (Å²) in [7, 11) is 1.60. The molecule has 2 aromatic rings. The molecule has 0 spiro atoms. The molecule has 2 N–H and O–H groups in total. The van der Waals surface area contributed by atoms with E-state index >= 15 is 0 Å². The van der Waals surface area contributed by atoms with E-state index in [-0.39, 0.29) is 6.03 Å². The average Bonchev–Trinajstić information content (AvgIpc) is 2.55. The minimum Gasteiger partial charge on any atom is -0.493 e. The quantitative estimate of drug-likeness (QED) is 0.725. The number of nitrogens with one attached hydrogen (secondary N) is 2. The predicted molar refractivity (Wildman–Crippen MR) is 101 cm³/mol. The third kappa shape index (κ3) is 6.03. The van der Waals surface area contributed by atoms with Crippen LogP contribution in [-0.2, 0) is 6.42 Å². The molecule has 0 atom stereocenters. The van der Waals surface area contributed by atoms with Crippen LogP contribution in [0.3, 0.4) is 0 Å². The van der Waals surface area contributed by atoms with Gasteiger partial charge in [0.15, 0.2) is 11.5 Å². The van der Waals surface area contributed by atoms with E-state index in [0.717, 1.165) is 5.56 Å². The topological polar surface area (TPSA) is 59.6 Å². The van der Waals surface area contributed by atoms with Crippen molar-refractivity contribution in [3.05, 3.63) is 52.0 Å². The van der Waals surface area contributed by atoms with Crippen LogP contribution >= 0.6 is 23.2 Å². The van der Waals surface area contributed by atoms with Gasteiger partial charge >= 0.3 is 6.03 Å². The molecule has 0 bridgehead atoms. The van der Waals surface area contributed by atoms with Gasteiger partial charge in [0, 0.05) is 22.3 Å². The molecule has 0 heterocycles. The van der Waals surface area contributed by atoms with Crippen LogP contribution in [0.25, 0.3) is 0 Å². The van der Waals surface area contributed by atoms with E-state index < -0.39 is 0 Å². The first kappa shape index (κ1) is 19.2. The SMILES string of the molecule is CCOc1ccc(CCNC(=O)Nc2cc(Cl)cc(Cl)c2)cc1OC. The van der Waals surface area contributed by atoms with Crippen molar-refractivity contribution in [2.75, 3.05) is 25.6 Å². The van der Waals surface area contributed by atoms with E-state index in [1.807, 2.05) is 25.1 Å². The Morgan fingerprint density at radius 3 is 2.44 bits per heavy atom. The molecule has 0 fully saturated rings. The lowest BCUT2D eigenvalue weighted by atomic mass is 10.1. The summed E-state index contributed by atoms with van der Waals surface area (Å²) < 4.78 is 10.8. The van der Waals surface area contributed by atoms with Crippen LogP contribution in [0, 0.1) is 0 Å². The molecule has 7 heteroatoms. The number of carbonyl (C=O) groups excluding carboxylic acids is 1. The number of amides is 2. The molecule has 25 heavy (non-hydrogen) atoms. The van der Waals surface area contributed by atoms with Gasteiger partial charge in [-0.15, -0.1) is 0 Å². The number of benzene rings is 2. The normalized spacial score (nSPS) is 10.2. The number of methoxy groups -OCH3 is 1. The summed E-state index contributed by atoms with van der Waals surface area (Å²) in [6.45, 7) is 2.96. The maximum Gasteiger partial charge on any atom is 0.319 e. The number of hydrogen-bond acceptors (Lipinski definition) is 3. The molecule has 2 aromatic carbocycles. The smallest absolute Gasteiger partial charge is 0.319 e. The summed E-state index contributed by atoms with van der Waals surface area (Å²) in [6, 6.07) is 10.3. The van der Waals surface area contributed by atoms with E-state index in [1.165, 1.54) is 0 Å². The van der Waals surface area contributed by atoms with Crippen molar-refractivity contribution in [2.24, 2.45) is 0 Å². The van der Waals surface area contributed by atoms with E-state index in [1.54, 1.807) is 25.3 Å². The van der Waals surface area contributed by atoms with Crippen LogP contribution in [0.15, 0.2) is 36.4 Å². The second-order valence-electron chi connectivity index (χ2n) is 5.21. The predicted octanol–water partition coefficient (Wildman–Crippen LogP) is 4.76. The fraction of sp³-hybridized carbons (Fsp3) is 0.278. The summed E-state index contributed by atoms with van der Waals surface area (Å²) in [5.41, 5.74) is 1.57. The Morgan fingerprint density at radius 2 is 1.80 bits per heavy atom. The first-order chi connectivity index (χ1) is 12.0. The molecule has 0 aliphatic rings. The molecule has 2 amide bonds. The maximum absolute atomic E-state index is 11.9. The first-order valence-electron chi connectivity index (χ1n) is 7.82. The Kier molecular flexibility index (Phi) is 7.22. The van der Waals surface area contributed by atoms with Crippen LogP contribution in [0.2, 0.25) is 10.0 Å². The van der Waals surface area contributed by atoms with E-state index in [2.05, 4.69) is 10.6 Å². The van der Waals surface area contributed by atoms with Gasteiger partial charge in [0.05, 0.1) is 13.7 Å². The molecule has 5 nitrogen and oxygen atoms in total. The van der Waals surface area contributed by atoms with E-state index in [9.17, 15) is 4.79 Å². The molecule has 0 unspecified atom stereocenters. The average molecular weight is 383 g/mol. The largest absolute Gasteiger partial charge is 0.493 e. The van der Waals surface area contributed by atoms with Gasteiger partial charge in [-0.3, -0.25) is 0 Å². The molecular weight excluding hydrogens is 363 g/mol. The molecular formula is C18H20Cl2N2O3. The fourth-order valence-corrected chi connectivity index (χ4v) is 2.79. The Hall–Kier alpha value is -2.11. The van der Waals surface area contributed by atoms with Gasteiger partial charge in [0.25, 0.3) is 0 Å². The molecule has 0 saturated carbocycles. The molecule has 0 aliphatic carbocycles. The summed E-state index contributed by atoms with van der Waals surface area (Å²) in [5.74, 6) is 1.38. The number of urea groups is 1. The Labute approximate surface area is 157 Å². The van der Waals surface area contributed by atoms with Crippen molar-refractivity contribution >= 4 is 34.9 Å². The molecule has 0 aliphatic heterocycles. The lowest BCUT2D eigenvalue weighted by molar-refractivity contribution is 0.252. The van der Waals surface area contributed by atoms with Crippen LogP contribution in [0.4, 0.5) is 10.5 Å². The zero-order valence-electron chi connectivity index (χ0n) is 14.1. The second kappa shape index (κ2) is 9.39. The first-order valence-corrected chi connectivity index (χ1v) is 8.58. The zero-order valence-corrected chi connectivity index (χ0v) is 15.6. The Bertz CT molecular complexity index is 718. The van der Waals surface area contributed by atoms with Gasteiger partial charge in [0.2, 0.25) is 0 Å². The van der Waals surface area contributed by atoms with Gasteiger partial charge in [-0.05, 0) is 49.2 Å². The number of halogens is 2. The summed E-state index contributed by atoms with van der Waals surface area (Å²) in [4.78, 5) is 11.9. The third-order valence-electron chi connectivity index (χ3n) is 3.35. The second-order valence-corrected chi connectivity index (χ2v) is 6.08. The number of carbonyl (C=O) groups is 1. The lowest BCUT2D eigenvalue weighted by Crippen LogP contribution is -2.30. The molecule has 0 saturated heterocycles. The lowest BCUT2D eigenvalue weighted by Gasteiger charge is -2.12. The van der Waals surface area contributed by atoms with Crippen LogP contribution < -0.4 is 20.1 Å². The zero-order chi connectivity index (χ0) is 18.2.